The molecule has 0 aliphatic rings. The molecule has 1 heterocycles. The number of thioether (sulfide) groups is 1. The lowest BCUT2D eigenvalue weighted by Crippen LogP contribution is -2.30. The highest BCUT2D eigenvalue weighted by Crippen LogP contribution is 2.19. The number of ether oxygens (including phenoxy) is 1. The van der Waals surface area contributed by atoms with E-state index < -0.39 is 5.91 Å². The standard InChI is InChI=1S/C10H14N2O4S/c1-6-3-7(4-17-5-8(13)15-2)16-9(6)10(14)12-11/h3H,4-5,11H2,1-2H3,(H,12,14). The molecule has 17 heavy (non-hydrogen) atoms. The molecule has 0 aliphatic heterocycles. The Kier molecular flexibility index (Phi) is 5.05. The molecule has 0 atom stereocenters. The quantitative estimate of drug-likeness (QED) is 0.347. The van der Waals surface area contributed by atoms with E-state index >= 15 is 0 Å². The Labute approximate surface area is 103 Å². The lowest BCUT2D eigenvalue weighted by atomic mass is 10.2. The molecule has 1 aromatic heterocycles. The molecule has 0 spiro atoms. The molecule has 1 amide bonds. The van der Waals surface area contributed by atoms with Crippen LogP contribution in [0, 0.1) is 6.92 Å². The van der Waals surface area contributed by atoms with Gasteiger partial charge in [-0.2, -0.15) is 0 Å². The number of furan rings is 1. The number of carbonyl (C=O) groups is 2. The maximum absolute atomic E-state index is 11.3. The third-order valence-corrected chi connectivity index (χ3v) is 2.93. The molecule has 6 nitrogen and oxygen atoms in total. The van der Waals surface area contributed by atoms with E-state index in [1.54, 1.807) is 13.0 Å². The van der Waals surface area contributed by atoms with E-state index in [4.69, 9.17) is 10.3 Å². The maximum Gasteiger partial charge on any atom is 0.315 e. The van der Waals surface area contributed by atoms with E-state index in [0.29, 0.717) is 17.1 Å². The van der Waals surface area contributed by atoms with Crippen molar-refractivity contribution in [3.05, 3.63) is 23.2 Å². The number of carbonyl (C=O) groups excluding carboxylic acids is 2. The fourth-order valence-electron chi connectivity index (χ4n) is 1.20. The largest absolute Gasteiger partial charge is 0.468 e. The van der Waals surface area contributed by atoms with Crippen molar-refractivity contribution in [1.29, 1.82) is 0 Å². The number of methoxy groups -OCH3 is 1. The summed E-state index contributed by atoms with van der Waals surface area (Å²) < 4.78 is 9.82. The molecule has 7 heteroatoms. The molecule has 1 rings (SSSR count). The number of nitrogens with one attached hydrogen (secondary N) is 1. The van der Waals surface area contributed by atoms with Gasteiger partial charge in [-0.3, -0.25) is 15.0 Å². The third-order valence-electron chi connectivity index (χ3n) is 2.00. The van der Waals surface area contributed by atoms with Gasteiger partial charge >= 0.3 is 11.9 Å². The van der Waals surface area contributed by atoms with Crippen LogP contribution in [0.2, 0.25) is 0 Å². The Morgan fingerprint density at radius 3 is 2.88 bits per heavy atom. The first-order chi connectivity index (χ1) is 8.08. The second kappa shape index (κ2) is 6.31. The summed E-state index contributed by atoms with van der Waals surface area (Å²) in [5.74, 6) is 5.81. The van der Waals surface area contributed by atoms with Crippen LogP contribution in [-0.2, 0) is 15.3 Å². The van der Waals surface area contributed by atoms with E-state index in [1.807, 2.05) is 5.43 Å². The minimum absolute atomic E-state index is 0.196. The monoisotopic (exact) mass is 258 g/mol. The number of nitrogens with two attached hydrogens (primary N) is 1. The van der Waals surface area contributed by atoms with E-state index in [2.05, 4.69) is 4.74 Å². The van der Waals surface area contributed by atoms with Crippen molar-refractivity contribution in [2.45, 2.75) is 12.7 Å². The van der Waals surface area contributed by atoms with Crippen LogP contribution in [0.25, 0.3) is 0 Å². The van der Waals surface area contributed by atoms with Crippen LogP contribution in [0.1, 0.15) is 21.9 Å². The number of aryl methyl sites for hydroxylation is 1. The Morgan fingerprint density at radius 2 is 2.29 bits per heavy atom. The van der Waals surface area contributed by atoms with Gasteiger partial charge in [0.25, 0.3) is 0 Å². The van der Waals surface area contributed by atoms with Crippen LogP contribution in [0.15, 0.2) is 10.5 Å². The first-order valence-corrected chi connectivity index (χ1v) is 5.98. The van der Waals surface area contributed by atoms with Gasteiger partial charge in [-0.15, -0.1) is 11.8 Å². The average Bonchev–Trinajstić information content (AvgIpc) is 2.69. The summed E-state index contributed by atoms with van der Waals surface area (Å²) in [5.41, 5.74) is 2.72. The summed E-state index contributed by atoms with van der Waals surface area (Å²) in [7, 11) is 1.34. The molecular formula is C10H14N2O4S. The van der Waals surface area contributed by atoms with Gasteiger partial charge in [0.15, 0.2) is 5.76 Å². The zero-order valence-electron chi connectivity index (χ0n) is 9.61. The van der Waals surface area contributed by atoms with Gasteiger partial charge in [-0.05, 0) is 13.0 Å². The summed E-state index contributed by atoms with van der Waals surface area (Å²) in [6.07, 6.45) is 0. The first kappa shape index (κ1) is 13.6. The van der Waals surface area contributed by atoms with E-state index in [0.717, 1.165) is 0 Å². The second-order valence-corrected chi connectivity index (χ2v) is 4.25. The lowest BCUT2D eigenvalue weighted by molar-refractivity contribution is -0.137. The van der Waals surface area contributed by atoms with Crippen molar-refractivity contribution >= 4 is 23.6 Å². The van der Waals surface area contributed by atoms with E-state index in [1.165, 1.54) is 18.9 Å². The van der Waals surface area contributed by atoms with Crippen LogP contribution in [0.4, 0.5) is 0 Å². The Hall–Kier alpha value is -1.47. The van der Waals surface area contributed by atoms with Crippen molar-refractivity contribution in [2.24, 2.45) is 5.84 Å². The Morgan fingerprint density at radius 1 is 1.59 bits per heavy atom. The second-order valence-electron chi connectivity index (χ2n) is 3.27. The molecule has 3 N–H and O–H groups in total. The number of esters is 1. The molecule has 94 valence electrons. The van der Waals surface area contributed by atoms with Crippen molar-refractivity contribution in [2.75, 3.05) is 12.9 Å². The predicted octanol–water partition coefficient (Wildman–Crippen LogP) is 0.598. The van der Waals surface area contributed by atoms with Crippen LogP contribution in [0.5, 0.6) is 0 Å². The molecule has 0 saturated carbocycles. The Bertz CT molecular complexity index is 416. The molecule has 1 aromatic rings. The molecule has 0 fully saturated rings. The van der Waals surface area contributed by atoms with Gasteiger partial charge in [0.05, 0.1) is 18.6 Å². The summed E-state index contributed by atoms with van der Waals surface area (Å²) in [6.45, 7) is 1.75. The summed E-state index contributed by atoms with van der Waals surface area (Å²) in [4.78, 5) is 22.1. The summed E-state index contributed by atoms with van der Waals surface area (Å²) in [5, 5.41) is 0. The summed E-state index contributed by atoms with van der Waals surface area (Å²) in [6, 6.07) is 1.74. The van der Waals surface area contributed by atoms with Gasteiger partial charge in [0.1, 0.15) is 5.76 Å². The van der Waals surface area contributed by atoms with E-state index in [9.17, 15) is 9.59 Å². The highest BCUT2D eigenvalue weighted by atomic mass is 32.2. The fourth-order valence-corrected chi connectivity index (χ4v) is 1.93. The van der Waals surface area contributed by atoms with Crippen LogP contribution in [0.3, 0.4) is 0 Å². The summed E-state index contributed by atoms with van der Waals surface area (Å²) >= 11 is 1.35. The van der Waals surface area contributed by atoms with Gasteiger partial charge in [-0.25, -0.2) is 5.84 Å². The molecule has 0 radical (unpaired) electrons. The number of rotatable bonds is 5. The number of nitrogen functional groups attached to an aromatic ring is 1. The van der Waals surface area contributed by atoms with Crippen LogP contribution < -0.4 is 11.3 Å². The van der Waals surface area contributed by atoms with Crippen LogP contribution in [-0.4, -0.2) is 24.7 Å². The number of hydrogen-bond acceptors (Lipinski definition) is 6. The number of hydrazine groups is 1. The van der Waals surface area contributed by atoms with E-state index in [-0.39, 0.29) is 17.5 Å². The van der Waals surface area contributed by atoms with Gasteiger partial charge in [0.2, 0.25) is 0 Å². The first-order valence-electron chi connectivity index (χ1n) is 4.83. The minimum Gasteiger partial charge on any atom is -0.468 e. The highest BCUT2D eigenvalue weighted by Gasteiger charge is 2.14. The van der Waals surface area contributed by atoms with Gasteiger partial charge < -0.3 is 9.15 Å². The minimum atomic E-state index is -0.466. The average molecular weight is 258 g/mol. The van der Waals surface area contributed by atoms with Gasteiger partial charge in [0, 0.05) is 5.56 Å². The number of amides is 1. The maximum atomic E-state index is 11.3. The predicted molar refractivity (Wildman–Crippen MR) is 63.3 cm³/mol. The molecule has 0 aliphatic carbocycles. The molecule has 0 saturated heterocycles. The normalized spacial score (nSPS) is 10.1. The van der Waals surface area contributed by atoms with Gasteiger partial charge in [-0.1, -0.05) is 0 Å². The molecular weight excluding hydrogens is 244 g/mol. The fraction of sp³-hybridized carbons (Fsp3) is 0.400. The van der Waals surface area contributed by atoms with Crippen molar-refractivity contribution in [1.82, 2.24) is 5.43 Å². The van der Waals surface area contributed by atoms with Crippen molar-refractivity contribution in [3.8, 4) is 0 Å². The Balaban J connectivity index is 2.56. The van der Waals surface area contributed by atoms with Crippen LogP contribution >= 0.6 is 11.8 Å². The van der Waals surface area contributed by atoms with Crippen molar-refractivity contribution < 1.29 is 18.7 Å². The topological polar surface area (TPSA) is 94.6 Å². The number of hydrogen-bond donors (Lipinski definition) is 2. The molecule has 0 bridgehead atoms. The zero-order chi connectivity index (χ0) is 12.8. The lowest BCUT2D eigenvalue weighted by Gasteiger charge is -1.98. The van der Waals surface area contributed by atoms with Crippen molar-refractivity contribution in [3.63, 3.8) is 0 Å². The molecule has 0 aromatic carbocycles. The third kappa shape index (κ3) is 3.79. The zero-order valence-corrected chi connectivity index (χ0v) is 10.4. The smallest absolute Gasteiger partial charge is 0.315 e. The SMILES string of the molecule is COC(=O)CSCc1cc(C)c(C(=O)NN)o1. The molecule has 0 unspecified atom stereocenters. The highest BCUT2D eigenvalue weighted by molar-refractivity contribution is 7.99.